The number of fused-ring (bicyclic) bond motifs is 3. The Morgan fingerprint density at radius 3 is 2.42 bits per heavy atom. The van der Waals surface area contributed by atoms with Crippen LogP contribution in [0.15, 0.2) is 24.3 Å². The van der Waals surface area contributed by atoms with E-state index in [1.807, 2.05) is 29.2 Å². The molecule has 0 aliphatic carbocycles. The average Bonchev–Trinajstić information content (AvgIpc) is 2.68. The molecular weight excluding hydrogens is 304 g/mol. The Hall–Kier alpha value is -1.59. The zero-order chi connectivity index (χ0) is 16.4. The lowest BCUT2D eigenvalue weighted by Crippen LogP contribution is -2.51. The lowest BCUT2D eigenvalue weighted by molar-refractivity contribution is 0.0238. The molecule has 2 bridgehead atoms. The van der Waals surface area contributed by atoms with Crippen LogP contribution < -0.4 is 4.74 Å². The summed E-state index contributed by atoms with van der Waals surface area (Å²) in [6.07, 6.45) is 3.98. The molecule has 0 saturated carbocycles. The first-order chi connectivity index (χ1) is 11.8. The van der Waals surface area contributed by atoms with Gasteiger partial charge in [0.15, 0.2) is 0 Å². The SMILES string of the molecule is O=C(c1ccc(OCC2CC3CCN2CC3)cc1)N1CCOCC1. The number of amides is 1. The molecule has 1 aromatic carbocycles. The standard InChI is InChI=1S/C19H26N2O3/c22-19(21-9-11-23-12-10-21)16-1-3-18(4-2-16)24-14-17-13-15-5-7-20(17)8-6-15/h1-4,15,17H,5-14H2. The van der Waals surface area contributed by atoms with E-state index in [0.717, 1.165) is 23.8 Å². The summed E-state index contributed by atoms with van der Waals surface area (Å²) in [4.78, 5) is 16.8. The molecular formula is C19H26N2O3. The zero-order valence-corrected chi connectivity index (χ0v) is 14.2. The van der Waals surface area contributed by atoms with Crippen LogP contribution in [0.1, 0.15) is 29.6 Å². The van der Waals surface area contributed by atoms with Crippen LogP contribution in [0.3, 0.4) is 0 Å². The molecule has 4 saturated heterocycles. The van der Waals surface area contributed by atoms with Crippen molar-refractivity contribution in [3.05, 3.63) is 29.8 Å². The summed E-state index contributed by atoms with van der Waals surface area (Å²) in [6.45, 7) is 5.83. The first-order valence-electron chi connectivity index (χ1n) is 9.13. The fourth-order valence-corrected chi connectivity index (χ4v) is 4.10. The minimum atomic E-state index is 0.0838. The number of nitrogens with zero attached hydrogens (tertiary/aromatic N) is 2. The van der Waals surface area contributed by atoms with Crippen LogP contribution >= 0.6 is 0 Å². The summed E-state index contributed by atoms with van der Waals surface area (Å²) >= 11 is 0. The number of hydrogen-bond donors (Lipinski definition) is 0. The van der Waals surface area contributed by atoms with Crippen molar-refractivity contribution in [3.8, 4) is 5.75 Å². The van der Waals surface area contributed by atoms with Crippen molar-refractivity contribution in [2.45, 2.75) is 25.3 Å². The Morgan fingerprint density at radius 1 is 1.08 bits per heavy atom. The van der Waals surface area contributed by atoms with E-state index in [1.165, 1.54) is 32.4 Å². The van der Waals surface area contributed by atoms with Gasteiger partial charge in [-0.1, -0.05) is 0 Å². The summed E-state index contributed by atoms with van der Waals surface area (Å²) < 4.78 is 11.3. The van der Waals surface area contributed by atoms with Crippen molar-refractivity contribution in [2.24, 2.45) is 5.92 Å². The number of hydrogen-bond acceptors (Lipinski definition) is 4. The smallest absolute Gasteiger partial charge is 0.254 e. The quantitative estimate of drug-likeness (QED) is 0.847. The molecule has 24 heavy (non-hydrogen) atoms. The van der Waals surface area contributed by atoms with E-state index >= 15 is 0 Å². The zero-order valence-electron chi connectivity index (χ0n) is 14.2. The monoisotopic (exact) mass is 330 g/mol. The maximum absolute atomic E-state index is 12.4. The molecule has 0 spiro atoms. The van der Waals surface area contributed by atoms with Crippen LogP contribution in [0.25, 0.3) is 0 Å². The molecule has 4 heterocycles. The maximum atomic E-state index is 12.4. The van der Waals surface area contributed by atoms with Gasteiger partial charge in [-0.3, -0.25) is 9.69 Å². The summed E-state index contributed by atoms with van der Waals surface area (Å²) in [6, 6.07) is 8.15. The lowest BCUT2D eigenvalue weighted by Gasteiger charge is -2.45. The number of benzene rings is 1. The van der Waals surface area contributed by atoms with Crippen molar-refractivity contribution in [2.75, 3.05) is 46.0 Å². The van der Waals surface area contributed by atoms with E-state index in [4.69, 9.17) is 9.47 Å². The Kier molecular flexibility index (Phi) is 4.72. The Bertz CT molecular complexity index is 560. The van der Waals surface area contributed by atoms with E-state index in [2.05, 4.69) is 4.90 Å². The second kappa shape index (κ2) is 7.11. The number of carbonyl (C=O) groups is 1. The lowest BCUT2D eigenvalue weighted by atomic mass is 9.83. The second-order valence-corrected chi connectivity index (χ2v) is 7.11. The minimum absolute atomic E-state index is 0.0838. The molecule has 0 radical (unpaired) electrons. The van der Waals surface area contributed by atoms with E-state index in [-0.39, 0.29) is 5.91 Å². The molecule has 1 atom stereocenters. The highest BCUT2D eigenvalue weighted by atomic mass is 16.5. The molecule has 5 heteroatoms. The topological polar surface area (TPSA) is 42.0 Å². The number of carbonyl (C=O) groups excluding carboxylic acids is 1. The molecule has 4 fully saturated rings. The van der Waals surface area contributed by atoms with Gasteiger partial charge >= 0.3 is 0 Å². The predicted molar refractivity (Wildman–Crippen MR) is 91.4 cm³/mol. The number of piperidine rings is 3. The van der Waals surface area contributed by atoms with Crippen LogP contribution in [0, 0.1) is 5.92 Å². The van der Waals surface area contributed by atoms with E-state index in [0.29, 0.717) is 32.3 Å². The van der Waals surface area contributed by atoms with Gasteiger partial charge in [-0.2, -0.15) is 0 Å². The Balaban J connectivity index is 1.31. The summed E-state index contributed by atoms with van der Waals surface area (Å²) in [5, 5.41) is 0. The van der Waals surface area contributed by atoms with E-state index in [1.54, 1.807) is 0 Å². The molecule has 1 amide bonds. The van der Waals surface area contributed by atoms with Crippen LogP contribution in [-0.4, -0.2) is 67.7 Å². The van der Waals surface area contributed by atoms with Crippen LogP contribution in [0.2, 0.25) is 0 Å². The van der Waals surface area contributed by atoms with Crippen molar-refractivity contribution >= 4 is 5.91 Å². The Labute approximate surface area is 143 Å². The normalized spacial score (nSPS) is 29.5. The first kappa shape index (κ1) is 15.9. The fraction of sp³-hybridized carbons (Fsp3) is 0.632. The summed E-state index contributed by atoms with van der Waals surface area (Å²) in [7, 11) is 0. The minimum Gasteiger partial charge on any atom is -0.492 e. The van der Waals surface area contributed by atoms with Gasteiger partial charge in [-0.05, 0) is 62.5 Å². The molecule has 130 valence electrons. The van der Waals surface area contributed by atoms with Gasteiger partial charge in [0, 0.05) is 24.7 Å². The summed E-state index contributed by atoms with van der Waals surface area (Å²) in [5.74, 6) is 1.84. The third-order valence-electron chi connectivity index (χ3n) is 5.61. The molecule has 4 aliphatic rings. The van der Waals surface area contributed by atoms with Gasteiger partial charge in [0.2, 0.25) is 0 Å². The average molecular weight is 330 g/mol. The molecule has 1 aromatic rings. The van der Waals surface area contributed by atoms with Gasteiger partial charge in [-0.15, -0.1) is 0 Å². The highest BCUT2D eigenvalue weighted by Crippen LogP contribution is 2.32. The van der Waals surface area contributed by atoms with Crippen molar-refractivity contribution < 1.29 is 14.3 Å². The molecule has 0 N–H and O–H groups in total. The Morgan fingerprint density at radius 2 is 1.79 bits per heavy atom. The van der Waals surface area contributed by atoms with E-state index < -0.39 is 0 Å². The van der Waals surface area contributed by atoms with Gasteiger partial charge in [0.25, 0.3) is 5.91 Å². The third-order valence-corrected chi connectivity index (χ3v) is 5.61. The predicted octanol–water partition coefficient (Wildman–Crippen LogP) is 2.02. The largest absolute Gasteiger partial charge is 0.492 e. The van der Waals surface area contributed by atoms with Gasteiger partial charge in [0.1, 0.15) is 12.4 Å². The van der Waals surface area contributed by atoms with E-state index in [9.17, 15) is 4.79 Å². The van der Waals surface area contributed by atoms with Crippen LogP contribution in [-0.2, 0) is 4.74 Å². The first-order valence-corrected chi connectivity index (χ1v) is 9.13. The number of ether oxygens (including phenoxy) is 2. The summed E-state index contributed by atoms with van der Waals surface area (Å²) in [5.41, 5.74) is 0.727. The molecule has 1 unspecified atom stereocenters. The van der Waals surface area contributed by atoms with Gasteiger partial charge in [0.05, 0.1) is 13.2 Å². The van der Waals surface area contributed by atoms with Crippen molar-refractivity contribution in [3.63, 3.8) is 0 Å². The number of morpholine rings is 1. The fourth-order valence-electron chi connectivity index (χ4n) is 4.10. The van der Waals surface area contributed by atoms with Gasteiger partial charge in [-0.25, -0.2) is 0 Å². The molecule has 5 nitrogen and oxygen atoms in total. The van der Waals surface area contributed by atoms with Gasteiger partial charge < -0.3 is 14.4 Å². The highest BCUT2D eigenvalue weighted by molar-refractivity contribution is 5.94. The third kappa shape index (κ3) is 3.42. The highest BCUT2D eigenvalue weighted by Gasteiger charge is 2.33. The molecule has 4 aliphatic heterocycles. The van der Waals surface area contributed by atoms with Crippen LogP contribution in [0.4, 0.5) is 0 Å². The molecule has 5 rings (SSSR count). The van der Waals surface area contributed by atoms with Crippen molar-refractivity contribution in [1.82, 2.24) is 9.80 Å². The maximum Gasteiger partial charge on any atom is 0.254 e. The van der Waals surface area contributed by atoms with Crippen LogP contribution in [0.5, 0.6) is 5.75 Å². The molecule has 0 aromatic heterocycles. The second-order valence-electron chi connectivity index (χ2n) is 7.11. The number of rotatable bonds is 4. The van der Waals surface area contributed by atoms with Crippen molar-refractivity contribution in [1.29, 1.82) is 0 Å².